The Morgan fingerprint density at radius 2 is 1.68 bits per heavy atom. The van der Waals surface area contributed by atoms with Crippen molar-refractivity contribution in [2.24, 2.45) is 40.7 Å². The first-order valence-corrected chi connectivity index (χ1v) is 16.1. The second-order valence-electron chi connectivity index (χ2n) is 12.8. The molecule has 1 saturated heterocycles. The van der Waals surface area contributed by atoms with Crippen molar-refractivity contribution in [2.45, 2.75) is 64.6 Å². The number of halogens is 5. The molecule has 5 aliphatic rings. The lowest BCUT2D eigenvalue weighted by Crippen LogP contribution is -2.62. The Bertz CT molecular complexity index is 1300. The molecule has 41 heavy (non-hydrogen) atoms. The van der Waals surface area contributed by atoms with E-state index < -0.39 is 44.4 Å². The van der Waals surface area contributed by atoms with Crippen LogP contribution in [-0.2, 0) is 26.0 Å². The SMILES string of the molecule is CC(C)C1CN(CC(=O)NC2C3CC4CC2CC(CC(N)=O)(C4)C3)S(=O)(=O)N(c2c(Cl)cc(C(F)(F)F)cc2Cl)C1. The van der Waals surface area contributed by atoms with Crippen molar-refractivity contribution >= 4 is 50.9 Å². The Labute approximate surface area is 248 Å². The lowest BCUT2D eigenvalue weighted by molar-refractivity contribution is -0.137. The molecule has 228 valence electrons. The smallest absolute Gasteiger partial charge is 0.370 e. The molecular weight excluding hydrogens is 604 g/mol. The van der Waals surface area contributed by atoms with Crippen LogP contribution in [0.4, 0.5) is 18.9 Å². The van der Waals surface area contributed by atoms with Gasteiger partial charge in [0.15, 0.2) is 0 Å². The van der Waals surface area contributed by atoms with Crippen LogP contribution in [0.1, 0.15) is 57.9 Å². The third kappa shape index (κ3) is 5.90. The van der Waals surface area contributed by atoms with Gasteiger partial charge in [0, 0.05) is 25.6 Å². The lowest BCUT2D eigenvalue weighted by atomic mass is 9.47. The number of hydrogen-bond acceptors (Lipinski definition) is 4. The van der Waals surface area contributed by atoms with Crippen LogP contribution >= 0.6 is 23.2 Å². The summed E-state index contributed by atoms with van der Waals surface area (Å²) in [7, 11) is -4.35. The molecule has 0 spiro atoms. The number of primary amides is 1. The fourth-order valence-corrected chi connectivity index (χ4v) is 10.5. The molecule has 3 N–H and O–H groups in total. The summed E-state index contributed by atoms with van der Waals surface area (Å²) < 4.78 is 69.4. The minimum Gasteiger partial charge on any atom is -0.370 e. The van der Waals surface area contributed by atoms with Gasteiger partial charge in [0.2, 0.25) is 11.8 Å². The summed E-state index contributed by atoms with van der Waals surface area (Å²) in [6.45, 7) is 3.40. The summed E-state index contributed by atoms with van der Waals surface area (Å²) in [5.74, 6) is -0.0863. The van der Waals surface area contributed by atoms with Crippen molar-refractivity contribution in [1.82, 2.24) is 9.62 Å². The highest BCUT2D eigenvalue weighted by Crippen LogP contribution is 2.61. The summed E-state index contributed by atoms with van der Waals surface area (Å²) in [6, 6.07) is 1.21. The van der Waals surface area contributed by atoms with Crippen LogP contribution in [0, 0.1) is 35.0 Å². The summed E-state index contributed by atoms with van der Waals surface area (Å²) in [5.41, 5.74) is 4.12. The van der Waals surface area contributed by atoms with Crippen LogP contribution < -0.4 is 15.4 Å². The summed E-state index contributed by atoms with van der Waals surface area (Å²) in [5, 5.41) is 2.22. The Morgan fingerprint density at radius 1 is 1.10 bits per heavy atom. The van der Waals surface area contributed by atoms with Gasteiger partial charge in [-0.2, -0.15) is 25.9 Å². The van der Waals surface area contributed by atoms with Gasteiger partial charge in [-0.25, -0.2) is 0 Å². The molecule has 4 bridgehead atoms. The number of nitrogens with two attached hydrogens (primary N) is 1. The molecule has 4 aliphatic carbocycles. The van der Waals surface area contributed by atoms with Crippen molar-refractivity contribution in [3.05, 3.63) is 27.7 Å². The average molecular weight is 640 g/mol. The lowest BCUT2D eigenvalue weighted by Gasteiger charge is -2.60. The monoisotopic (exact) mass is 638 g/mol. The molecule has 1 aliphatic heterocycles. The molecule has 14 heteroatoms. The molecule has 2 amide bonds. The normalized spacial score (nSPS) is 32.9. The van der Waals surface area contributed by atoms with Crippen molar-refractivity contribution in [3.63, 3.8) is 0 Å². The zero-order valence-electron chi connectivity index (χ0n) is 22.9. The maximum absolute atomic E-state index is 13.8. The molecule has 8 nitrogen and oxygen atoms in total. The number of nitrogens with zero attached hydrogens (tertiary/aromatic N) is 2. The number of hydrogen-bond donors (Lipinski definition) is 2. The van der Waals surface area contributed by atoms with Crippen LogP contribution in [0.5, 0.6) is 0 Å². The predicted molar refractivity (Wildman–Crippen MR) is 149 cm³/mol. The Kier molecular flexibility index (Phi) is 8.05. The highest BCUT2D eigenvalue weighted by molar-refractivity contribution is 7.90. The Morgan fingerprint density at radius 3 is 2.20 bits per heavy atom. The molecule has 6 rings (SSSR count). The van der Waals surface area contributed by atoms with Gasteiger partial charge in [-0.15, -0.1) is 0 Å². The van der Waals surface area contributed by atoms with Crippen LogP contribution in [0.25, 0.3) is 0 Å². The maximum Gasteiger partial charge on any atom is 0.416 e. The molecule has 0 radical (unpaired) electrons. The second kappa shape index (κ2) is 10.7. The first-order valence-electron chi connectivity index (χ1n) is 13.9. The molecule has 5 fully saturated rings. The van der Waals surface area contributed by atoms with E-state index in [-0.39, 0.29) is 59.8 Å². The van der Waals surface area contributed by atoms with Crippen molar-refractivity contribution in [3.8, 4) is 0 Å². The molecule has 1 aromatic rings. The number of carbonyl (C=O) groups excluding carboxylic acids is 2. The fourth-order valence-electron chi connectivity index (χ4n) is 8.01. The Balaban J connectivity index is 1.36. The number of anilines is 1. The Hall–Kier alpha value is -1.76. The number of carbonyl (C=O) groups is 2. The van der Waals surface area contributed by atoms with E-state index in [9.17, 15) is 31.2 Å². The fraction of sp³-hybridized carbons (Fsp3) is 0.704. The number of alkyl halides is 3. The van der Waals surface area contributed by atoms with Crippen LogP contribution in [0.15, 0.2) is 12.1 Å². The van der Waals surface area contributed by atoms with Gasteiger partial charge in [0.25, 0.3) is 0 Å². The van der Waals surface area contributed by atoms with E-state index in [0.717, 1.165) is 40.7 Å². The molecule has 1 heterocycles. The first kappa shape index (κ1) is 30.7. The molecule has 1 aromatic carbocycles. The minimum atomic E-state index is -4.71. The van der Waals surface area contributed by atoms with Gasteiger partial charge in [-0.3, -0.25) is 13.9 Å². The first-order chi connectivity index (χ1) is 19.0. The van der Waals surface area contributed by atoms with Crippen LogP contribution in [0.2, 0.25) is 10.0 Å². The van der Waals surface area contributed by atoms with Gasteiger partial charge in [0.1, 0.15) is 0 Å². The van der Waals surface area contributed by atoms with Crippen molar-refractivity contribution in [2.75, 3.05) is 23.9 Å². The largest absolute Gasteiger partial charge is 0.416 e. The van der Waals surface area contributed by atoms with E-state index in [1.165, 1.54) is 0 Å². The quantitative estimate of drug-likeness (QED) is 0.445. The van der Waals surface area contributed by atoms with Crippen LogP contribution in [0.3, 0.4) is 0 Å². The zero-order chi connectivity index (χ0) is 30.1. The van der Waals surface area contributed by atoms with Gasteiger partial charge >= 0.3 is 16.4 Å². The van der Waals surface area contributed by atoms with Crippen molar-refractivity contribution < 1.29 is 31.2 Å². The van der Waals surface area contributed by atoms with Gasteiger partial charge in [0.05, 0.1) is 27.8 Å². The van der Waals surface area contributed by atoms with E-state index in [0.29, 0.717) is 24.5 Å². The molecule has 0 aromatic heterocycles. The molecule has 3 unspecified atom stereocenters. The number of rotatable bonds is 7. The van der Waals surface area contributed by atoms with E-state index in [1.807, 2.05) is 13.8 Å². The van der Waals surface area contributed by atoms with Gasteiger partial charge in [-0.1, -0.05) is 37.0 Å². The molecule has 3 atom stereocenters. The zero-order valence-corrected chi connectivity index (χ0v) is 25.2. The highest BCUT2D eigenvalue weighted by Gasteiger charge is 2.56. The van der Waals surface area contributed by atoms with Gasteiger partial charge in [-0.05, 0) is 79.2 Å². The van der Waals surface area contributed by atoms with Crippen molar-refractivity contribution in [1.29, 1.82) is 0 Å². The topological polar surface area (TPSA) is 113 Å². The van der Waals surface area contributed by atoms with Crippen LogP contribution in [-0.4, -0.2) is 50.2 Å². The number of nitrogens with one attached hydrogen (secondary N) is 1. The summed E-state index contributed by atoms with van der Waals surface area (Å²) >= 11 is 12.4. The average Bonchev–Trinajstić information content (AvgIpc) is 2.81. The molecular formula is C27H35Cl2F3N4O4S. The van der Waals surface area contributed by atoms with E-state index >= 15 is 0 Å². The van der Waals surface area contributed by atoms with E-state index in [1.54, 1.807) is 0 Å². The third-order valence-electron chi connectivity index (χ3n) is 9.58. The third-order valence-corrected chi connectivity index (χ3v) is 12.0. The molecule has 4 saturated carbocycles. The maximum atomic E-state index is 13.8. The number of amides is 2. The van der Waals surface area contributed by atoms with E-state index in [2.05, 4.69) is 5.32 Å². The second-order valence-corrected chi connectivity index (χ2v) is 15.5. The summed E-state index contributed by atoms with van der Waals surface area (Å²) in [4.78, 5) is 25.1. The summed E-state index contributed by atoms with van der Waals surface area (Å²) in [6.07, 6.45) is 0.153. The van der Waals surface area contributed by atoms with Gasteiger partial charge < -0.3 is 11.1 Å². The van der Waals surface area contributed by atoms with E-state index in [4.69, 9.17) is 28.9 Å². The minimum absolute atomic E-state index is 0.00330. The standard InChI is InChI=1S/C27H35Cl2F3N4O4S/c1-14(2)18-11-35(41(39,40)36(12-18)25-20(28)5-19(6-21(25)29)27(30,31)32)13-23(38)34-24-16-3-15-4-17(24)9-26(7-15,8-16)10-22(33)37/h5-6,14-18,24H,3-4,7-13H2,1-2H3,(H2,33,37)(H,34,38). The predicted octanol–water partition coefficient (Wildman–Crippen LogP) is 4.84. The number of benzene rings is 1. The highest BCUT2D eigenvalue weighted by atomic mass is 35.5.